The molecule has 0 aromatic carbocycles. The zero-order chi connectivity index (χ0) is 20.5. The zero-order valence-electron chi connectivity index (χ0n) is 18.4. The molecule has 0 fully saturated rings. The van der Waals surface area contributed by atoms with E-state index in [4.69, 9.17) is 9.47 Å². The van der Waals surface area contributed by atoms with Gasteiger partial charge in [0, 0.05) is 0 Å². The van der Waals surface area contributed by atoms with E-state index >= 15 is 0 Å². The van der Waals surface area contributed by atoms with Gasteiger partial charge in [0.05, 0.1) is 13.2 Å². The number of unbranched alkanes of at least 4 members (excludes halogenated alkanes) is 9. The molecule has 0 aliphatic rings. The van der Waals surface area contributed by atoms with Crippen molar-refractivity contribution < 1.29 is 19.1 Å². The minimum Gasteiger partial charge on any atom is -0.464 e. The molecule has 0 aromatic heterocycles. The Bertz CT molecular complexity index is 390. The van der Waals surface area contributed by atoms with E-state index in [2.05, 4.69) is 12.2 Å². The maximum Gasteiger partial charge on any atom is 0.407 e. The molecule has 5 nitrogen and oxygen atoms in total. The Kier molecular flexibility index (Phi) is 15.0. The number of nitrogens with one attached hydrogen (secondary N) is 1. The first-order valence-corrected chi connectivity index (χ1v) is 10.9. The molecule has 0 radical (unpaired) electrons. The summed E-state index contributed by atoms with van der Waals surface area (Å²) in [6, 6.07) is -0.704. The highest BCUT2D eigenvalue weighted by molar-refractivity contribution is 5.82. The van der Waals surface area contributed by atoms with Crippen LogP contribution in [0.15, 0.2) is 0 Å². The van der Waals surface area contributed by atoms with Crippen molar-refractivity contribution in [2.24, 2.45) is 5.41 Å². The van der Waals surface area contributed by atoms with Crippen molar-refractivity contribution in [2.45, 2.75) is 111 Å². The Morgan fingerprint density at radius 2 is 1.22 bits per heavy atom. The average Bonchev–Trinajstić information content (AvgIpc) is 2.60. The first-order valence-electron chi connectivity index (χ1n) is 10.9. The van der Waals surface area contributed by atoms with E-state index < -0.39 is 17.6 Å². The minimum absolute atomic E-state index is 0.368. The number of ether oxygens (including phenoxy) is 2. The number of amides is 1. The normalized spacial score (nSPS) is 12.5. The lowest BCUT2D eigenvalue weighted by atomic mass is 9.87. The molecule has 0 spiro atoms. The number of esters is 1. The van der Waals surface area contributed by atoms with Gasteiger partial charge in [-0.3, -0.25) is 0 Å². The Labute approximate surface area is 167 Å². The number of carbonyl (C=O) groups is 2. The molecule has 0 saturated heterocycles. The fraction of sp³-hybridized carbons (Fsp3) is 0.909. The van der Waals surface area contributed by atoms with Crippen molar-refractivity contribution in [2.75, 3.05) is 13.2 Å². The van der Waals surface area contributed by atoms with Crippen LogP contribution in [0.25, 0.3) is 0 Å². The molecule has 0 saturated carbocycles. The van der Waals surface area contributed by atoms with Gasteiger partial charge in [0.15, 0.2) is 0 Å². The second-order valence-electron chi connectivity index (χ2n) is 8.43. The maximum atomic E-state index is 12.4. The summed E-state index contributed by atoms with van der Waals surface area (Å²) < 4.78 is 10.5. The number of hydrogen-bond acceptors (Lipinski definition) is 4. The summed E-state index contributed by atoms with van der Waals surface area (Å²) in [5.41, 5.74) is -0.431. The topological polar surface area (TPSA) is 64.6 Å². The van der Waals surface area contributed by atoms with Crippen LogP contribution >= 0.6 is 0 Å². The van der Waals surface area contributed by atoms with Crippen LogP contribution in [0.1, 0.15) is 105 Å². The van der Waals surface area contributed by atoms with Crippen LogP contribution in [0.5, 0.6) is 0 Å². The van der Waals surface area contributed by atoms with Crippen LogP contribution in [0.2, 0.25) is 0 Å². The number of hydrogen-bond donors (Lipinski definition) is 1. The fourth-order valence-corrected chi connectivity index (χ4v) is 2.77. The van der Waals surface area contributed by atoms with Gasteiger partial charge in [-0.05, 0) is 18.3 Å². The lowest BCUT2D eigenvalue weighted by Gasteiger charge is -2.29. The van der Waals surface area contributed by atoms with Crippen molar-refractivity contribution in [3.63, 3.8) is 0 Å². The van der Waals surface area contributed by atoms with Crippen LogP contribution in [0, 0.1) is 5.41 Å². The average molecular weight is 386 g/mol. The third kappa shape index (κ3) is 14.5. The van der Waals surface area contributed by atoms with Gasteiger partial charge in [0.2, 0.25) is 0 Å². The Balaban J connectivity index is 4.01. The highest BCUT2D eigenvalue weighted by atomic mass is 16.6. The van der Waals surface area contributed by atoms with E-state index in [9.17, 15) is 9.59 Å². The van der Waals surface area contributed by atoms with Gasteiger partial charge in [0.25, 0.3) is 0 Å². The SMILES string of the molecule is CCCCCCCCCCCOC(=O)C(NC(=O)OCCCC)C(C)(C)C. The predicted molar refractivity (Wildman–Crippen MR) is 111 cm³/mol. The standard InChI is InChI=1S/C22H43NO4/c1-6-8-10-11-12-13-14-15-16-18-26-20(24)19(22(3,4)5)23-21(25)27-17-9-7-2/h19H,6-18H2,1-5H3,(H,23,25). The zero-order valence-corrected chi connectivity index (χ0v) is 18.4. The van der Waals surface area contributed by atoms with Gasteiger partial charge in [-0.25, -0.2) is 9.59 Å². The molecule has 27 heavy (non-hydrogen) atoms. The molecule has 1 unspecified atom stereocenters. The third-order valence-electron chi connectivity index (χ3n) is 4.59. The van der Waals surface area contributed by atoms with Gasteiger partial charge in [-0.1, -0.05) is 92.4 Å². The highest BCUT2D eigenvalue weighted by Gasteiger charge is 2.34. The molecule has 0 aliphatic carbocycles. The number of carbonyl (C=O) groups excluding carboxylic acids is 2. The second kappa shape index (κ2) is 15.8. The summed E-state index contributed by atoms with van der Waals surface area (Å²) in [6.45, 7) is 10.8. The van der Waals surface area contributed by atoms with Crippen LogP contribution in [-0.2, 0) is 14.3 Å². The lowest BCUT2D eigenvalue weighted by Crippen LogP contribution is -2.50. The highest BCUT2D eigenvalue weighted by Crippen LogP contribution is 2.21. The molecular weight excluding hydrogens is 342 g/mol. The second-order valence-corrected chi connectivity index (χ2v) is 8.43. The van der Waals surface area contributed by atoms with Crippen molar-refractivity contribution >= 4 is 12.1 Å². The van der Waals surface area contributed by atoms with Gasteiger partial charge in [0.1, 0.15) is 6.04 Å². The quantitative estimate of drug-likeness (QED) is 0.277. The van der Waals surface area contributed by atoms with E-state index in [0.29, 0.717) is 13.2 Å². The molecule has 0 heterocycles. The molecule has 0 aliphatic heterocycles. The summed E-state index contributed by atoms with van der Waals surface area (Å²) in [4.78, 5) is 24.3. The summed E-state index contributed by atoms with van der Waals surface area (Å²) >= 11 is 0. The first-order chi connectivity index (χ1) is 12.8. The van der Waals surface area contributed by atoms with Gasteiger partial charge in [-0.15, -0.1) is 0 Å². The Morgan fingerprint density at radius 1 is 0.741 bits per heavy atom. The van der Waals surface area contributed by atoms with Gasteiger partial charge in [-0.2, -0.15) is 0 Å². The monoisotopic (exact) mass is 385 g/mol. The van der Waals surface area contributed by atoms with Crippen molar-refractivity contribution in [3.05, 3.63) is 0 Å². The van der Waals surface area contributed by atoms with Crippen LogP contribution in [-0.4, -0.2) is 31.3 Å². The lowest BCUT2D eigenvalue weighted by molar-refractivity contribution is -0.149. The van der Waals surface area contributed by atoms with Crippen molar-refractivity contribution in [1.29, 1.82) is 0 Å². The smallest absolute Gasteiger partial charge is 0.407 e. The van der Waals surface area contributed by atoms with Gasteiger partial charge < -0.3 is 14.8 Å². The summed E-state index contributed by atoms with van der Waals surface area (Å²) in [6.07, 6.45) is 12.2. The summed E-state index contributed by atoms with van der Waals surface area (Å²) in [7, 11) is 0. The molecule has 1 amide bonds. The predicted octanol–water partition coefficient (Wildman–Crippen LogP) is 6.00. The van der Waals surface area contributed by atoms with Crippen LogP contribution in [0.4, 0.5) is 4.79 Å². The van der Waals surface area contributed by atoms with Crippen LogP contribution in [0.3, 0.4) is 0 Å². The van der Waals surface area contributed by atoms with E-state index in [0.717, 1.165) is 25.7 Å². The van der Waals surface area contributed by atoms with Crippen LogP contribution < -0.4 is 5.32 Å². The summed E-state index contributed by atoms with van der Waals surface area (Å²) in [5.74, 6) is -0.380. The largest absolute Gasteiger partial charge is 0.464 e. The Hall–Kier alpha value is -1.26. The van der Waals surface area contributed by atoms with E-state index in [1.807, 2.05) is 27.7 Å². The fourth-order valence-electron chi connectivity index (χ4n) is 2.77. The van der Waals surface area contributed by atoms with Crippen molar-refractivity contribution in [3.8, 4) is 0 Å². The molecule has 0 aromatic rings. The molecular formula is C22H43NO4. The number of rotatable bonds is 15. The van der Waals surface area contributed by atoms with E-state index in [1.54, 1.807) is 0 Å². The maximum absolute atomic E-state index is 12.4. The molecule has 160 valence electrons. The molecule has 1 atom stereocenters. The molecule has 1 N–H and O–H groups in total. The van der Waals surface area contributed by atoms with E-state index in [-0.39, 0.29) is 5.97 Å². The minimum atomic E-state index is -0.704. The van der Waals surface area contributed by atoms with Crippen molar-refractivity contribution in [1.82, 2.24) is 5.32 Å². The molecule has 0 rings (SSSR count). The third-order valence-corrected chi connectivity index (χ3v) is 4.59. The first kappa shape index (κ1) is 25.7. The van der Waals surface area contributed by atoms with E-state index in [1.165, 1.54) is 44.9 Å². The summed E-state index contributed by atoms with van der Waals surface area (Å²) in [5, 5.41) is 2.67. The molecule has 5 heteroatoms. The number of alkyl carbamates (subject to hydrolysis) is 1. The van der Waals surface area contributed by atoms with Gasteiger partial charge >= 0.3 is 12.1 Å². The molecule has 0 bridgehead atoms. The Morgan fingerprint density at radius 3 is 1.74 bits per heavy atom.